The number of rotatable bonds is 2. The summed E-state index contributed by atoms with van der Waals surface area (Å²) in [5.41, 5.74) is 0.832. The van der Waals surface area contributed by atoms with Crippen molar-refractivity contribution < 1.29 is 4.79 Å². The molecule has 0 radical (unpaired) electrons. The van der Waals surface area contributed by atoms with E-state index in [0.717, 1.165) is 42.3 Å². The molecule has 1 atom stereocenters. The first-order valence-electron chi connectivity index (χ1n) is 7.58. The molecule has 1 unspecified atom stereocenters. The summed E-state index contributed by atoms with van der Waals surface area (Å²) in [6.07, 6.45) is 2.17. The number of hydrogen-bond acceptors (Lipinski definition) is 1. The van der Waals surface area contributed by atoms with Gasteiger partial charge in [0.25, 0.3) is 5.91 Å². The summed E-state index contributed by atoms with van der Waals surface area (Å²) in [6.45, 7) is 3.93. The molecule has 2 nitrogen and oxygen atoms in total. The van der Waals surface area contributed by atoms with Crippen molar-refractivity contribution in [2.75, 3.05) is 13.1 Å². The summed E-state index contributed by atoms with van der Waals surface area (Å²) in [5, 5.41) is 2.19. The summed E-state index contributed by atoms with van der Waals surface area (Å²) >= 11 is 3.67. The van der Waals surface area contributed by atoms with Crippen molar-refractivity contribution >= 4 is 32.6 Å². The standard InChI is InChI=1S/C18H20BrNO/c1-13(19)14-9-11-20(12-10-14)18(21)17-8-4-6-15-5-2-3-7-16(15)17/h2-8,13-14H,9-12H2,1H3. The summed E-state index contributed by atoms with van der Waals surface area (Å²) in [7, 11) is 0. The Morgan fingerprint density at radius 2 is 1.81 bits per heavy atom. The molecule has 2 aromatic rings. The molecule has 1 aliphatic rings. The minimum Gasteiger partial charge on any atom is -0.339 e. The second-order valence-electron chi connectivity index (χ2n) is 5.83. The molecule has 1 saturated heterocycles. The van der Waals surface area contributed by atoms with Crippen molar-refractivity contribution in [2.45, 2.75) is 24.6 Å². The third-order valence-electron chi connectivity index (χ3n) is 4.50. The monoisotopic (exact) mass is 345 g/mol. The number of benzene rings is 2. The van der Waals surface area contributed by atoms with E-state index < -0.39 is 0 Å². The van der Waals surface area contributed by atoms with Gasteiger partial charge in [-0.1, -0.05) is 59.3 Å². The average molecular weight is 346 g/mol. The topological polar surface area (TPSA) is 20.3 Å². The minimum absolute atomic E-state index is 0.174. The first kappa shape index (κ1) is 14.6. The maximum Gasteiger partial charge on any atom is 0.254 e. The molecule has 1 amide bonds. The Hall–Kier alpha value is -1.35. The summed E-state index contributed by atoms with van der Waals surface area (Å²) in [5.74, 6) is 0.856. The molecular formula is C18H20BrNO. The molecule has 3 rings (SSSR count). The molecular weight excluding hydrogens is 326 g/mol. The lowest BCUT2D eigenvalue weighted by molar-refractivity contribution is 0.0693. The highest BCUT2D eigenvalue weighted by Gasteiger charge is 2.26. The number of alkyl halides is 1. The second-order valence-corrected chi connectivity index (χ2v) is 7.28. The Morgan fingerprint density at radius 3 is 2.52 bits per heavy atom. The van der Waals surface area contributed by atoms with Gasteiger partial charge in [0.15, 0.2) is 0 Å². The van der Waals surface area contributed by atoms with Crippen LogP contribution in [0, 0.1) is 5.92 Å². The number of piperidine rings is 1. The van der Waals surface area contributed by atoms with Crippen LogP contribution in [0.2, 0.25) is 0 Å². The molecule has 0 N–H and O–H groups in total. The number of halogens is 1. The third-order valence-corrected chi connectivity index (χ3v) is 5.24. The fourth-order valence-electron chi connectivity index (χ4n) is 3.14. The van der Waals surface area contributed by atoms with E-state index in [4.69, 9.17) is 0 Å². The zero-order chi connectivity index (χ0) is 14.8. The average Bonchev–Trinajstić information content (AvgIpc) is 2.53. The van der Waals surface area contributed by atoms with Crippen LogP contribution < -0.4 is 0 Å². The van der Waals surface area contributed by atoms with Crippen LogP contribution in [0.5, 0.6) is 0 Å². The highest BCUT2D eigenvalue weighted by molar-refractivity contribution is 9.09. The van der Waals surface area contributed by atoms with Crippen LogP contribution in [0.25, 0.3) is 10.8 Å². The van der Waals surface area contributed by atoms with E-state index in [2.05, 4.69) is 35.0 Å². The SMILES string of the molecule is CC(Br)C1CCN(C(=O)c2cccc3ccccc23)CC1. The van der Waals surface area contributed by atoms with Crippen LogP contribution in [0.1, 0.15) is 30.1 Å². The molecule has 110 valence electrons. The molecule has 0 spiro atoms. The number of fused-ring (bicyclic) bond motifs is 1. The van der Waals surface area contributed by atoms with Crippen LogP contribution in [0.15, 0.2) is 42.5 Å². The maximum absolute atomic E-state index is 12.8. The predicted molar refractivity (Wildman–Crippen MR) is 91.0 cm³/mol. The summed E-state index contributed by atoms with van der Waals surface area (Å²) in [6, 6.07) is 14.1. The normalized spacial score (nSPS) is 17.9. The van der Waals surface area contributed by atoms with Gasteiger partial charge in [-0.2, -0.15) is 0 Å². The zero-order valence-electron chi connectivity index (χ0n) is 12.3. The Bertz CT molecular complexity index is 639. The molecule has 1 aliphatic heterocycles. The van der Waals surface area contributed by atoms with Crippen LogP contribution in [0.4, 0.5) is 0 Å². The van der Waals surface area contributed by atoms with Crippen LogP contribution >= 0.6 is 15.9 Å². The number of carbonyl (C=O) groups is 1. The molecule has 2 aromatic carbocycles. The van der Waals surface area contributed by atoms with Gasteiger partial charge in [0.2, 0.25) is 0 Å². The fourth-order valence-corrected chi connectivity index (χ4v) is 3.67. The van der Waals surface area contributed by atoms with Crippen LogP contribution in [-0.2, 0) is 0 Å². The Labute approximate surface area is 134 Å². The van der Waals surface area contributed by atoms with E-state index in [1.165, 1.54) is 0 Å². The van der Waals surface area contributed by atoms with Gasteiger partial charge in [0, 0.05) is 23.5 Å². The summed E-state index contributed by atoms with van der Waals surface area (Å²) < 4.78 is 0. The number of hydrogen-bond donors (Lipinski definition) is 0. The minimum atomic E-state index is 0.174. The second kappa shape index (κ2) is 6.18. The van der Waals surface area contributed by atoms with Crippen molar-refractivity contribution in [3.8, 4) is 0 Å². The van der Waals surface area contributed by atoms with Crippen molar-refractivity contribution in [1.82, 2.24) is 4.90 Å². The van der Waals surface area contributed by atoms with Crippen molar-refractivity contribution in [3.63, 3.8) is 0 Å². The molecule has 0 aromatic heterocycles. The Kier molecular flexibility index (Phi) is 4.29. The van der Waals surface area contributed by atoms with E-state index >= 15 is 0 Å². The molecule has 0 saturated carbocycles. The van der Waals surface area contributed by atoms with Gasteiger partial charge in [-0.25, -0.2) is 0 Å². The highest BCUT2D eigenvalue weighted by atomic mass is 79.9. The van der Waals surface area contributed by atoms with Crippen LogP contribution in [-0.4, -0.2) is 28.7 Å². The van der Waals surface area contributed by atoms with Gasteiger partial charge in [-0.3, -0.25) is 4.79 Å². The maximum atomic E-state index is 12.8. The lowest BCUT2D eigenvalue weighted by atomic mass is 9.93. The van der Waals surface area contributed by atoms with E-state index in [9.17, 15) is 4.79 Å². The number of amides is 1. The van der Waals surface area contributed by atoms with Crippen LogP contribution in [0.3, 0.4) is 0 Å². The van der Waals surface area contributed by atoms with Gasteiger partial charge in [-0.05, 0) is 35.6 Å². The molecule has 0 bridgehead atoms. The molecule has 0 aliphatic carbocycles. The van der Waals surface area contributed by atoms with E-state index in [0.29, 0.717) is 10.7 Å². The largest absolute Gasteiger partial charge is 0.339 e. The number of nitrogens with zero attached hydrogens (tertiary/aromatic N) is 1. The van der Waals surface area contributed by atoms with Crippen molar-refractivity contribution in [3.05, 3.63) is 48.0 Å². The highest BCUT2D eigenvalue weighted by Crippen LogP contribution is 2.27. The molecule has 1 fully saturated rings. The van der Waals surface area contributed by atoms with Gasteiger partial charge in [0.1, 0.15) is 0 Å². The van der Waals surface area contributed by atoms with E-state index in [-0.39, 0.29) is 5.91 Å². The van der Waals surface area contributed by atoms with Gasteiger partial charge >= 0.3 is 0 Å². The van der Waals surface area contributed by atoms with Gasteiger partial charge < -0.3 is 4.90 Å². The van der Waals surface area contributed by atoms with E-state index in [1.807, 2.05) is 35.2 Å². The fraction of sp³-hybridized carbons (Fsp3) is 0.389. The van der Waals surface area contributed by atoms with Crippen molar-refractivity contribution in [2.24, 2.45) is 5.92 Å². The number of likely N-dealkylation sites (tertiary alicyclic amines) is 1. The smallest absolute Gasteiger partial charge is 0.254 e. The lowest BCUT2D eigenvalue weighted by Gasteiger charge is -2.33. The van der Waals surface area contributed by atoms with Gasteiger partial charge in [0.05, 0.1) is 0 Å². The Morgan fingerprint density at radius 1 is 1.14 bits per heavy atom. The predicted octanol–water partition coefficient (Wildman–Crippen LogP) is 4.48. The first-order chi connectivity index (χ1) is 10.2. The molecule has 3 heteroatoms. The number of carbonyl (C=O) groups excluding carboxylic acids is 1. The Balaban J connectivity index is 1.82. The third kappa shape index (κ3) is 2.98. The van der Waals surface area contributed by atoms with E-state index in [1.54, 1.807) is 0 Å². The first-order valence-corrected chi connectivity index (χ1v) is 8.49. The quantitative estimate of drug-likeness (QED) is 0.735. The zero-order valence-corrected chi connectivity index (χ0v) is 13.8. The summed E-state index contributed by atoms with van der Waals surface area (Å²) in [4.78, 5) is 15.3. The van der Waals surface area contributed by atoms with Crippen molar-refractivity contribution in [1.29, 1.82) is 0 Å². The lowest BCUT2D eigenvalue weighted by Crippen LogP contribution is -2.40. The molecule has 21 heavy (non-hydrogen) atoms. The van der Waals surface area contributed by atoms with Gasteiger partial charge in [-0.15, -0.1) is 0 Å². The molecule has 1 heterocycles.